The molecule has 0 bridgehead atoms. The summed E-state index contributed by atoms with van der Waals surface area (Å²) >= 11 is 0. The van der Waals surface area contributed by atoms with Crippen LogP contribution in [0.4, 0.5) is 5.95 Å². The third kappa shape index (κ3) is 3.97. The lowest BCUT2D eigenvalue weighted by molar-refractivity contribution is -0.119. The highest BCUT2D eigenvalue weighted by atomic mass is 16.1. The zero-order valence-electron chi connectivity index (χ0n) is 16.1. The maximum Gasteiger partial charge on any atom is 0.231 e. The molecule has 1 amide bonds. The number of primary amides is 1. The molecule has 6 heteroatoms. The first-order chi connectivity index (χ1) is 13.6. The number of carbonyl (C=O) groups is 1. The Morgan fingerprint density at radius 3 is 2.64 bits per heavy atom. The minimum absolute atomic E-state index is 0.266. The van der Waals surface area contributed by atoms with Gasteiger partial charge in [0.05, 0.1) is 12.2 Å². The summed E-state index contributed by atoms with van der Waals surface area (Å²) in [6.45, 7) is 2.06. The molecule has 6 nitrogen and oxygen atoms in total. The van der Waals surface area contributed by atoms with Gasteiger partial charge in [-0.1, -0.05) is 36.4 Å². The maximum absolute atomic E-state index is 11.1. The van der Waals surface area contributed by atoms with E-state index < -0.39 is 0 Å². The van der Waals surface area contributed by atoms with Crippen LogP contribution in [0.3, 0.4) is 0 Å². The fraction of sp³-hybridized carbons (Fsp3) is 0.318. The molecule has 4 rings (SSSR count). The average Bonchev–Trinajstić information content (AvgIpc) is 2.73. The molecule has 1 aliphatic rings. The molecule has 1 fully saturated rings. The maximum atomic E-state index is 11.1. The van der Waals surface area contributed by atoms with E-state index in [-0.39, 0.29) is 5.91 Å². The fourth-order valence-electron chi connectivity index (χ4n) is 3.88. The van der Waals surface area contributed by atoms with Crippen molar-refractivity contribution in [3.8, 4) is 11.3 Å². The van der Waals surface area contributed by atoms with E-state index in [4.69, 9.17) is 10.7 Å². The van der Waals surface area contributed by atoms with E-state index in [0.717, 1.165) is 43.1 Å². The van der Waals surface area contributed by atoms with Crippen LogP contribution in [-0.4, -0.2) is 53.5 Å². The summed E-state index contributed by atoms with van der Waals surface area (Å²) in [5.74, 6) is 0.470. The molecule has 0 atom stereocenters. The smallest absolute Gasteiger partial charge is 0.231 e. The zero-order chi connectivity index (χ0) is 19.5. The number of likely N-dealkylation sites (tertiary alicyclic amines) is 1. The van der Waals surface area contributed by atoms with Crippen molar-refractivity contribution < 1.29 is 4.79 Å². The molecule has 0 radical (unpaired) electrons. The number of carbonyl (C=O) groups excluding carboxylic acids is 1. The van der Waals surface area contributed by atoms with Gasteiger partial charge in [0.25, 0.3) is 0 Å². The van der Waals surface area contributed by atoms with Crippen LogP contribution in [0.1, 0.15) is 12.8 Å². The van der Waals surface area contributed by atoms with E-state index in [2.05, 4.69) is 57.2 Å². The molecule has 1 saturated heterocycles. The Hall–Kier alpha value is -2.99. The first-order valence-electron chi connectivity index (χ1n) is 9.66. The van der Waals surface area contributed by atoms with Gasteiger partial charge in [0, 0.05) is 37.9 Å². The Labute approximate surface area is 165 Å². The molecule has 2 N–H and O–H groups in total. The van der Waals surface area contributed by atoms with Crippen molar-refractivity contribution >= 4 is 22.6 Å². The molecule has 2 aromatic carbocycles. The molecule has 0 unspecified atom stereocenters. The minimum Gasteiger partial charge on any atom is -0.369 e. The van der Waals surface area contributed by atoms with Gasteiger partial charge in [-0.3, -0.25) is 9.69 Å². The largest absolute Gasteiger partial charge is 0.369 e. The molecule has 1 aliphatic heterocycles. The van der Waals surface area contributed by atoms with Crippen molar-refractivity contribution in [2.75, 3.05) is 31.6 Å². The van der Waals surface area contributed by atoms with Gasteiger partial charge in [-0.05, 0) is 35.7 Å². The number of hydrogen-bond acceptors (Lipinski definition) is 5. The van der Waals surface area contributed by atoms with Crippen molar-refractivity contribution in [1.82, 2.24) is 14.9 Å². The Balaban J connectivity index is 1.51. The number of anilines is 1. The molecule has 1 aromatic heterocycles. The van der Waals surface area contributed by atoms with Crippen LogP contribution in [0.15, 0.2) is 54.7 Å². The summed E-state index contributed by atoms with van der Waals surface area (Å²) in [5.41, 5.74) is 7.32. The van der Waals surface area contributed by atoms with Crippen molar-refractivity contribution in [2.45, 2.75) is 18.9 Å². The van der Waals surface area contributed by atoms with Gasteiger partial charge in [0.2, 0.25) is 11.9 Å². The molecule has 28 heavy (non-hydrogen) atoms. The normalized spacial score (nSPS) is 15.6. The van der Waals surface area contributed by atoms with E-state index in [1.54, 1.807) is 0 Å². The van der Waals surface area contributed by atoms with Crippen molar-refractivity contribution in [1.29, 1.82) is 0 Å². The van der Waals surface area contributed by atoms with E-state index in [1.807, 2.05) is 19.3 Å². The van der Waals surface area contributed by atoms with Crippen molar-refractivity contribution in [3.63, 3.8) is 0 Å². The van der Waals surface area contributed by atoms with E-state index >= 15 is 0 Å². The number of benzene rings is 2. The summed E-state index contributed by atoms with van der Waals surface area (Å²) in [4.78, 5) is 24.7. The van der Waals surface area contributed by atoms with Crippen molar-refractivity contribution in [3.05, 3.63) is 54.7 Å². The monoisotopic (exact) mass is 375 g/mol. The molecular weight excluding hydrogens is 350 g/mol. The van der Waals surface area contributed by atoms with Gasteiger partial charge < -0.3 is 10.6 Å². The molecule has 0 spiro atoms. The molecule has 0 saturated carbocycles. The second kappa shape index (κ2) is 7.94. The number of hydrogen-bond donors (Lipinski definition) is 1. The number of amides is 1. The Morgan fingerprint density at radius 2 is 1.89 bits per heavy atom. The van der Waals surface area contributed by atoms with Gasteiger partial charge in [0.15, 0.2) is 0 Å². The van der Waals surface area contributed by atoms with Gasteiger partial charge in [-0.25, -0.2) is 9.97 Å². The van der Waals surface area contributed by atoms with Crippen LogP contribution in [0.25, 0.3) is 22.0 Å². The topological polar surface area (TPSA) is 75.3 Å². The Morgan fingerprint density at radius 1 is 1.14 bits per heavy atom. The first kappa shape index (κ1) is 18.4. The van der Waals surface area contributed by atoms with Crippen molar-refractivity contribution in [2.24, 2.45) is 5.73 Å². The van der Waals surface area contributed by atoms with Crippen LogP contribution < -0.4 is 10.6 Å². The third-order valence-electron chi connectivity index (χ3n) is 5.49. The number of aromatic nitrogens is 2. The second-order valence-electron chi connectivity index (χ2n) is 7.39. The molecule has 3 aromatic rings. The number of piperidine rings is 1. The van der Waals surface area contributed by atoms with E-state index in [9.17, 15) is 4.79 Å². The average molecular weight is 375 g/mol. The number of rotatable bonds is 5. The highest BCUT2D eigenvalue weighted by Crippen LogP contribution is 2.25. The molecular formula is C22H25N5O. The van der Waals surface area contributed by atoms with E-state index in [1.165, 1.54) is 10.8 Å². The SMILES string of the molecule is CN(c1nccc(-c2ccc3ccccc3c2)n1)C1CCN(CC(N)=O)CC1. The quantitative estimate of drug-likeness (QED) is 0.742. The lowest BCUT2D eigenvalue weighted by atomic mass is 10.0. The van der Waals surface area contributed by atoms with Gasteiger partial charge in [0.1, 0.15) is 0 Å². The number of fused-ring (bicyclic) bond motifs is 1. The standard InChI is InChI=1S/C22H25N5O/c1-26(19-9-12-27(13-10-19)15-21(23)28)22-24-11-8-20(25-22)18-7-6-16-4-2-3-5-17(16)14-18/h2-8,11,14,19H,9-10,12-13,15H2,1H3,(H2,23,28). The minimum atomic E-state index is -0.266. The van der Waals surface area contributed by atoms with Crippen LogP contribution >= 0.6 is 0 Å². The molecule has 144 valence electrons. The predicted molar refractivity (Wildman–Crippen MR) is 112 cm³/mol. The molecule has 0 aliphatic carbocycles. The van der Waals surface area contributed by atoms with Crippen LogP contribution in [-0.2, 0) is 4.79 Å². The van der Waals surface area contributed by atoms with Gasteiger partial charge in [-0.2, -0.15) is 0 Å². The summed E-state index contributed by atoms with van der Waals surface area (Å²) in [6, 6.07) is 17.1. The Bertz CT molecular complexity index is 981. The predicted octanol–water partition coefficient (Wildman–Crippen LogP) is 2.68. The lowest BCUT2D eigenvalue weighted by Crippen LogP contribution is -2.46. The number of nitrogens with zero attached hydrogens (tertiary/aromatic N) is 4. The zero-order valence-corrected chi connectivity index (χ0v) is 16.1. The first-order valence-corrected chi connectivity index (χ1v) is 9.66. The van der Waals surface area contributed by atoms with Crippen LogP contribution in [0, 0.1) is 0 Å². The highest BCUT2D eigenvalue weighted by molar-refractivity contribution is 5.86. The Kier molecular flexibility index (Phi) is 5.21. The lowest BCUT2D eigenvalue weighted by Gasteiger charge is -2.36. The molecule has 2 heterocycles. The fourth-order valence-corrected chi connectivity index (χ4v) is 3.88. The van der Waals surface area contributed by atoms with Gasteiger partial charge in [-0.15, -0.1) is 0 Å². The third-order valence-corrected chi connectivity index (χ3v) is 5.49. The van der Waals surface area contributed by atoms with Crippen LogP contribution in [0.2, 0.25) is 0 Å². The van der Waals surface area contributed by atoms with E-state index in [0.29, 0.717) is 12.6 Å². The number of nitrogens with two attached hydrogens (primary N) is 1. The van der Waals surface area contributed by atoms with Gasteiger partial charge >= 0.3 is 0 Å². The summed E-state index contributed by atoms with van der Waals surface area (Å²) in [7, 11) is 2.05. The summed E-state index contributed by atoms with van der Waals surface area (Å²) in [5, 5.41) is 2.43. The summed E-state index contributed by atoms with van der Waals surface area (Å²) in [6.07, 6.45) is 3.76. The highest BCUT2D eigenvalue weighted by Gasteiger charge is 2.24. The summed E-state index contributed by atoms with van der Waals surface area (Å²) < 4.78 is 0. The van der Waals surface area contributed by atoms with Crippen LogP contribution in [0.5, 0.6) is 0 Å². The second-order valence-corrected chi connectivity index (χ2v) is 7.39.